The van der Waals surface area contributed by atoms with Gasteiger partial charge in [-0.1, -0.05) is 15.9 Å². The number of primary amides is 4. The molecule has 0 bridgehead atoms. The number of nitrogens with one attached hydrogen (secondary N) is 2. The Morgan fingerprint density at radius 3 is 0.859 bits per heavy atom. The maximum Gasteiger partial charge on any atom is 0.277 e. The van der Waals surface area contributed by atoms with Gasteiger partial charge in [-0.25, -0.2) is 18.7 Å². The molecule has 4 aromatic heterocycles. The molecule has 12 N–H and O–H groups in total. The molecule has 16 rings (SSSR count). The van der Waals surface area contributed by atoms with E-state index in [1.165, 1.54) is 47.9 Å². The molecule has 0 aliphatic carbocycles. The molecule has 10 amide bonds. The lowest BCUT2D eigenvalue weighted by atomic mass is 10.0. The first kappa shape index (κ1) is 90.2. The largest absolute Gasteiger partial charge is 0.497 e. The van der Waals surface area contributed by atoms with Gasteiger partial charge < -0.3 is 77.8 Å². The van der Waals surface area contributed by atoms with Crippen LogP contribution in [0.3, 0.4) is 0 Å². The number of hydrogen-bond donors (Lipinski definition) is 7. The zero-order valence-corrected chi connectivity index (χ0v) is 72.1. The van der Waals surface area contributed by atoms with Crippen molar-refractivity contribution in [3.8, 4) is 45.7 Å². The van der Waals surface area contributed by atoms with Gasteiger partial charge in [0, 0.05) is 124 Å². The van der Waals surface area contributed by atoms with Gasteiger partial charge in [-0.15, -0.1) is 11.6 Å². The summed E-state index contributed by atoms with van der Waals surface area (Å²) in [4.78, 5) is 143. The number of rotatable bonds is 27. The van der Waals surface area contributed by atoms with E-state index in [-0.39, 0.29) is 76.1 Å². The molecule has 0 fully saturated rings. The standard InChI is InChI=1S/C25H26BrN5O4.C25H26ClN5O4.C20H17N5O5.C20H19N5O3/c2*1-35-19-11-9-18(10-12-19)31-23-20(22(29-31)24(27)33)13-15-30(25(23)34)17-7-5-16(6-8-17)28-21(32)4-2-3-14-26;1-30-15-8-6-13(7-9-15)24-18-16(17(22-24)19(21)26)10-11-23(20(18)27)12-2-4-14(5-3-12)25(28)29;1-28-15-8-6-14(7-9-15)25-18-16(17(23-25)19(22)26)10-11-24(20(18)27)13-4-2-12(21)3-5-13/h2*5-12H,2-4,13-15H2,1H3,(H2,27,33)(H,28,32);2-9H,10-11H2,1H3,(H2,21,26);2-9H,10-11,21H2,1H3,(H2,22,26). The van der Waals surface area contributed by atoms with Gasteiger partial charge >= 0.3 is 0 Å². The number of nitro groups is 1. The number of benzene rings is 8. The second-order valence-corrected chi connectivity index (χ2v) is 30.4. The van der Waals surface area contributed by atoms with E-state index in [0.29, 0.717) is 183 Å². The minimum Gasteiger partial charge on any atom is -0.497 e. The van der Waals surface area contributed by atoms with Gasteiger partial charge in [-0.3, -0.25) is 58.1 Å². The van der Waals surface area contributed by atoms with Crippen molar-refractivity contribution < 1.29 is 71.8 Å². The molecule has 0 saturated heterocycles. The van der Waals surface area contributed by atoms with Gasteiger partial charge in [-0.05, 0) is 233 Å². The Hall–Kier alpha value is -15.5. The molecule has 0 radical (unpaired) electrons. The number of nitrogens with zero attached hydrogens (tertiary/aromatic N) is 13. The number of carbonyl (C=O) groups is 10. The molecule has 8 aromatic carbocycles. The quantitative estimate of drug-likeness (QED) is 0.00826. The molecule has 658 valence electrons. The second kappa shape index (κ2) is 40.4. The summed E-state index contributed by atoms with van der Waals surface area (Å²) in [6.07, 6.45) is 5.83. The summed E-state index contributed by atoms with van der Waals surface area (Å²) in [5.74, 6) is -0.883. The fourth-order valence-electron chi connectivity index (χ4n) is 14.9. The maximum absolute atomic E-state index is 13.6. The summed E-state index contributed by atoms with van der Waals surface area (Å²) in [5, 5.41) is 34.9. The Morgan fingerprint density at radius 2 is 0.625 bits per heavy atom. The van der Waals surface area contributed by atoms with Crippen molar-refractivity contribution >= 4 is 132 Å². The number of fused-ring (bicyclic) bond motifs is 4. The summed E-state index contributed by atoms with van der Waals surface area (Å²) in [7, 11) is 6.25. The third-order valence-electron chi connectivity index (χ3n) is 21.3. The number of nitro benzene ring substituents is 1. The summed E-state index contributed by atoms with van der Waals surface area (Å²) in [5.41, 5.74) is 38.4. The van der Waals surface area contributed by atoms with Crippen LogP contribution in [0.1, 0.15) is 145 Å². The number of hydrogen-bond acceptors (Lipinski definition) is 21. The van der Waals surface area contributed by atoms with Crippen molar-refractivity contribution in [2.24, 2.45) is 22.9 Å². The van der Waals surface area contributed by atoms with Crippen molar-refractivity contribution in [3.63, 3.8) is 0 Å². The maximum atomic E-state index is 13.6. The van der Waals surface area contributed by atoms with Crippen molar-refractivity contribution in [3.05, 3.63) is 272 Å². The van der Waals surface area contributed by atoms with Crippen LogP contribution in [0.2, 0.25) is 0 Å². The molecule has 0 spiro atoms. The van der Waals surface area contributed by atoms with Crippen LogP contribution in [0, 0.1) is 10.1 Å². The molecule has 0 atom stereocenters. The lowest BCUT2D eigenvalue weighted by Gasteiger charge is -2.28. The molecular weight excluding hydrogens is 1730 g/mol. The van der Waals surface area contributed by atoms with E-state index in [9.17, 15) is 58.1 Å². The van der Waals surface area contributed by atoms with Crippen LogP contribution >= 0.6 is 27.5 Å². The van der Waals surface area contributed by atoms with E-state index in [2.05, 4.69) is 47.0 Å². The van der Waals surface area contributed by atoms with E-state index in [0.717, 1.165) is 36.7 Å². The lowest BCUT2D eigenvalue weighted by molar-refractivity contribution is -0.384. The highest BCUT2D eigenvalue weighted by molar-refractivity contribution is 9.09. The fraction of sp³-hybridized carbons (Fsp3) is 0.222. The molecule has 0 saturated carbocycles. The fourth-order valence-corrected chi connectivity index (χ4v) is 15.5. The number of alkyl halides is 2. The molecule has 36 nitrogen and oxygen atoms in total. The van der Waals surface area contributed by atoms with Crippen molar-refractivity contribution in [1.29, 1.82) is 0 Å². The van der Waals surface area contributed by atoms with Crippen molar-refractivity contribution in [1.82, 2.24) is 39.1 Å². The van der Waals surface area contributed by atoms with Crippen molar-refractivity contribution in [2.75, 3.05) is 102 Å². The number of ether oxygens (including phenoxy) is 4. The Labute approximate surface area is 745 Å². The number of non-ortho nitro benzene ring substituents is 1. The lowest BCUT2D eigenvalue weighted by Crippen LogP contribution is -2.39. The number of carbonyl (C=O) groups excluding carboxylic acids is 10. The second-order valence-electron chi connectivity index (χ2n) is 29.3. The van der Waals surface area contributed by atoms with Gasteiger partial charge in [0.15, 0.2) is 22.8 Å². The summed E-state index contributed by atoms with van der Waals surface area (Å²) >= 11 is 9.02. The van der Waals surface area contributed by atoms with Gasteiger partial charge in [-0.2, -0.15) is 20.4 Å². The Bertz CT molecular complexity index is 5990. The smallest absolute Gasteiger partial charge is 0.277 e. The third-order valence-corrected chi connectivity index (χ3v) is 22.2. The molecular formula is C90H88BrClN20O16. The summed E-state index contributed by atoms with van der Waals surface area (Å²) in [6.45, 7) is 1.45. The van der Waals surface area contributed by atoms with Gasteiger partial charge in [0.2, 0.25) is 11.8 Å². The Kier molecular flexibility index (Phi) is 28.5. The monoisotopic (exact) mass is 1820 g/mol. The molecule has 0 unspecified atom stereocenters. The van der Waals surface area contributed by atoms with E-state index in [4.69, 9.17) is 59.2 Å². The zero-order valence-electron chi connectivity index (χ0n) is 69.8. The van der Waals surface area contributed by atoms with Crippen LogP contribution in [0.25, 0.3) is 22.7 Å². The van der Waals surface area contributed by atoms with E-state index in [1.54, 1.807) is 213 Å². The Balaban J connectivity index is 0.000000146. The number of unbranched alkanes of at least 4 members (excludes halogenated alkanes) is 2. The molecule has 12 aromatic rings. The number of halogens is 2. The predicted molar refractivity (Wildman–Crippen MR) is 482 cm³/mol. The van der Waals surface area contributed by atoms with Crippen LogP contribution in [-0.2, 0) is 35.3 Å². The average Bonchev–Trinajstić information content (AvgIpc) is 1.62. The number of anilines is 7. The molecule has 8 heterocycles. The minimum absolute atomic E-state index is 0.0419. The van der Waals surface area contributed by atoms with Gasteiger partial charge in [0.1, 0.15) is 45.8 Å². The normalized spacial score (nSPS) is 13.0. The van der Waals surface area contributed by atoms with Gasteiger partial charge in [0.25, 0.3) is 52.9 Å². The molecule has 38 heteroatoms. The highest BCUT2D eigenvalue weighted by atomic mass is 79.9. The SMILES string of the molecule is COc1ccc(-n2nc(C(N)=O)c3c2C(=O)N(c2ccc(N)cc2)CC3)cc1.COc1ccc(-n2nc(C(N)=O)c3c2C(=O)N(c2ccc(NC(=O)CCCCBr)cc2)CC3)cc1.COc1ccc(-n2nc(C(N)=O)c3c2C(=O)N(c2ccc(NC(=O)CCCCCl)cc2)CC3)cc1.COc1ccc(-n2nc(C(N)=O)c3c2C(=O)N(c2ccc([N+](=O)[O-])cc2)CC3)cc1. The first-order chi connectivity index (χ1) is 61.7. The van der Waals surface area contributed by atoms with E-state index < -0.39 is 28.6 Å². The first-order valence-corrected chi connectivity index (χ1v) is 41.9. The van der Waals surface area contributed by atoms with Crippen LogP contribution in [0.15, 0.2) is 194 Å². The topological polar surface area (TPSA) is 489 Å². The number of aromatic nitrogens is 8. The number of methoxy groups -OCH3 is 4. The van der Waals surface area contributed by atoms with Crippen LogP contribution in [0.5, 0.6) is 23.0 Å². The summed E-state index contributed by atoms with van der Waals surface area (Å²) in [6, 6.07) is 55.0. The predicted octanol–water partition coefficient (Wildman–Crippen LogP) is 11.1. The van der Waals surface area contributed by atoms with Gasteiger partial charge in [0.05, 0.1) is 56.1 Å². The highest BCUT2D eigenvalue weighted by Crippen LogP contribution is 2.37. The van der Waals surface area contributed by atoms with Crippen LogP contribution < -0.4 is 77.8 Å². The van der Waals surface area contributed by atoms with Crippen LogP contribution in [-0.4, -0.2) is 169 Å². The minimum atomic E-state index is -0.713. The average molecular weight is 1820 g/mol. The first-order valence-electron chi connectivity index (χ1n) is 40.3. The third kappa shape index (κ3) is 19.8. The molecule has 4 aliphatic rings. The number of nitrogen functional groups attached to an aromatic ring is 1. The molecule has 4 aliphatic heterocycles. The Morgan fingerprint density at radius 1 is 0.383 bits per heavy atom. The van der Waals surface area contributed by atoms with Crippen molar-refractivity contribution in [2.45, 2.75) is 64.2 Å². The number of amides is 10. The molecule has 128 heavy (non-hydrogen) atoms. The van der Waals surface area contributed by atoms with Crippen LogP contribution in [0.4, 0.5) is 45.5 Å². The number of nitrogens with two attached hydrogens (primary N) is 5. The van der Waals surface area contributed by atoms with E-state index in [1.807, 2.05) is 0 Å². The van der Waals surface area contributed by atoms with E-state index >= 15 is 0 Å². The highest BCUT2D eigenvalue weighted by Gasteiger charge is 2.40. The summed E-state index contributed by atoms with van der Waals surface area (Å²) < 4.78 is 26.5. The zero-order chi connectivity index (χ0) is 91.1.